The van der Waals surface area contributed by atoms with Crippen LogP contribution < -0.4 is 0 Å². The maximum absolute atomic E-state index is 11.7. The molecule has 0 fully saturated rings. The summed E-state index contributed by atoms with van der Waals surface area (Å²) in [5.74, 6) is -1.02. The first-order chi connectivity index (χ1) is 7.01. The zero-order chi connectivity index (χ0) is 11.8. The van der Waals surface area contributed by atoms with Crippen molar-refractivity contribution in [2.45, 2.75) is 31.9 Å². The molecule has 88 valence electrons. The standard InChI is InChI=1S/C10H19NO3S/c1-4-5-11(7-10(13)14)9(12)6-8(2)15-3/h8H,4-7H2,1-3H3,(H,13,14). The average Bonchev–Trinajstić information content (AvgIpc) is 2.16. The van der Waals surface area contributed by atoms with Gasteiger partial charge in [-0.05, 0) is 12.7 Å². The van der Waals surface area contributed by atoms with E-state index in [-0.39, 0.29) is 17.7 Å². The second-order valence-corrected chi connectivity index (χ2v) is 4.74. The van der Waals surface area contributed by atoms with Crippen molar-refractivity contribution in [2.75, 3.05) is 19.3 Å². The summed E-state index contributed by atoms with van der Waals surface area (Å²) in [6, 6.07) is 0. The fourth-order valence-electron chi connectivity index (χ4n) is 1.18. The van der Waals surface area contributed by atoms with E-state index in [1.165, 1.54) is 4.90 Å². The van der Waals surface area contributed by atoms with Crippen molar-refractivity contribution in [1.82, 2.24) is 4.90 Å². The van der Waals surface area contributed by atoms with Crippen LogP contribution in [0.1, 0.15) is 26.7 Å². The van der Waals surface area contributed by atoms with Crippen LogP contribution in [0.5, 0.6) is 0 Å². The summed E-state index contributed by atoms with van der Waals surface area (Å²) < 4.78 is 0. The third-order valence-electron chi connectivity index (χ3n) is 2.04. The van der Waals surface area contributed by atoms with E-state index in [4.69, 9.17) is 5.11 Å². The molecule has 0 aromatic carbocycles. The van der Waals surface area contributed by atoms with Gasteiger partial charge in [-0.3, -0.25) is 9.59 Å². The molecule has 4 nitrogen and oxygen atoms in total. The predicted molar refractivity (Wildman–Crippen MR) is 62.1 cm³/mol. The Kier molecular flexibility index (Phi) is 7.21. The van der Waals surface area contributed by atoms with Crippen LogP contribution in [0.3, 0.4) is 0 Å². The van der Waals surface area contributed by atoms with Crippen molar-refractivity contribution < 1.29 is 14.7 Å². The highest BCUT2D eigenvalue weighted by atomic mass is 32.2. The number of hydrogen-bond donors (Lipinski definition) is 1. The fraction of sp³-hybridized carbons (Fsp3) is 0.800. The van der Waals surface area contributed by atoms with Crippen molar-refractivity contribution in [3.8, 4) is 0 Å². The van der Waals surface area contributed by atoms with Crippen LogP contribution >= 0.6 is 11.8 Å². The van der Waals surface area contributed by atoms with E-state index in [1.54, 1.807) is 11.8 Å². The lowest BCUT2D eigenvalue weighted by Gasteiger charge is -2.21. The molecule has 0 radical (unpaired) electrons. The summed E-state index contributed by atoms with van der Waals surface area (Å²) >= 11 is 1.61. The minimum absolute atomic E-state index is 0.0684. The van der Waals surface area contributed by atoms with E-state index < -0.39 is 5.97 Å². The summed E-state index contributed by atoms with van der Waals surface area (Å²) in [5, 5.41) is 8.89. The van der Waals surface area contributed by atoms with E-state index >= 15 is 0 Å². The predicted octanol–water partition coefficient (Wildman–Crippen LogP) is 1.45. The number of hydrogen-bond acceptors (Lipinski definition) is 3. The molecule has 15 heavy (non-hydrogen) atoms. The largest absolute Gasteiger partial charge is 0.480 e. The first-order valence-electron chi connectivity index (χ1n) is 5.03. The highest BCUT2D eigenvalue weighted by molar-refractivity contribution is 7.99. The van der Waals surface area contributed by atoms with Crippen LogP contribution in [-0.4, -0.2) is 46.5 Å². The van der Waals surface area contributed by atoms with Crippen molar-refractivity contribution in [2.24, 2.45) is 0 Å². The van der Waals surface area contributed by atoms with Gasteiger partial charge in [0.25, 0.3) is 0 Å². The van der Waals surface area contributed by atoms with Crippen LogP contribution in [0.25, 0.3) is 0 Å². The third-order valence-corrected chi connectivity index (χ3v) is 3.01. The van der Waals surface area contributed by atoms with Gasteiger partial charge in [0.05, 0.1) is 0 Å². The average molecular weight is 233 g/mol. The minimum Gasteiger partial charge on any atom is -0.480 e. The van der Waals surface area contributed by atoms with Gasteiger partial charge in [0, 0.05) is 18.2 Å². The number of thioether (sulfide) groups is 1. The number of aliphatic carboxylic acids is 1. The molecule has 0 bridgehead atoms. The molecule has 0 aromatic rings. The second kappa shape index (κ2) is 7.56. The molecule has 0 aromatic heterocycles. The minimum atomic E-state index is -0.950. The molecule has 5 heteroatoms. The van der Waals surface area contributed by atoms with Gasteiger partial charge >= 0.3 is 5.97 Å². The van der Waals surface area contributed by atoms with Crippen LogP contribution in [-0.2, 0) is 9.59 Å². The summed E-state index contributed by atoms with van der Waals surface area (Å²) in [6.07, 6.45) is 3.14. The van der Waals surface area contributed by atoms with Gasteiger partial charge in [0.15, 0.2) is 0 Å². The van der Waals surface area contributed by atoms with E-state index in [1.807, 2.05) is 20.1 Å². The quantitative estimate of drug-likeness (QED) is 0.723. The molecule has 0 aliphatic rings. The number of carbonyl (C=O) groups excluding carboxylic acids is 1. The fourth-order valence-corrected chi connectivity index (χ4v) is 1.49. The monoisotopic (exact) mass is 233 g/mol. The molecule has 0 spiro atoms. The Hall–Kier alpha value is -0.710. The lowest BCUT2D eigenvalue weighted by molar-refractivity contribution is -0.144. The molecule has 0 aliphatic heterocycles. The number of amides is 1. The molecule has 0 heterocycles. The summed E-state index contributed by atoms with van der Waals surface area (Å²) in [7, 11) is 0. The zero-order valence-corrected chi connectivity index (χ0v) is 10.3. The molecule has 0 saturated carbocycles. The summed E-state index contributed by atoms with van der Waals surface area (Å²) in [4.78, 5) is 23.6. The Morgan fingerprint density at radius 2 is 2.07 bits per heavy atom. The Morgan fingerprint density at radius 1 is 1.47 bits per heavy atom. The van der Waals surface area contributed by atoms with Gasteiger partial charge in [0.1, 0.15) is 6.54 Å². The third kappa shape index (κ3) is 6.38. The lowest BCUT2D eigenvalue weighted by Crippen LogP contribution is -2.37. The second-order valence-electron chi connectivity index (χ2n) is 3.46. The number of carboxylic acid groups (broad SMARTS) is 1. The Balaban J connectivity index is 4.21. The summed E-state index contributed by atoms with van der Waals surface area (Å²) in [6.45, 7) is 4.23. The molecule has 1 N–H and O–H groups in total. The smallest absolute Gasteiger partial charge is 0.323 e. The Labute approximate surface area is 95.0 Å². The van der Waals surface area contributed by atoms with Crippen LogP contribution in [0.4, 0.5) is 0 Å². The molecule has 0 saturated heterocycles. The first-order valence-corrected chi connectivity index (χ1v) is 6.32. The van der Waals surface area contributed by atoms with E-state index in [9.17, 15) is 9.59 Å². The molecule has 1 atom stereocenters. The Bertz CT molecular complexity index is 221. The van der Waals surface area contributed by atoms with Crippen molar-refractivity contribution in [3.05, 3.63) is 0 Å². The van der Waals surface area contributed by atoms with Gasteiger partial charge in [-0.2, -0.15) is 11.8 Å². The summed E-state index contributed by atoms with van der Waals surface area (Å²) in [5.41, 5.74) is 0. The maximum atomic E-state index is 11.7. The number of carbonyl (C=O) groups is 2. The van der Waals surface area contributed by atoms with Gasteiger partial charge in [-0.25, -0.2) is 0 Å². The topological polar surface area (TPSA) is 57.6 Å². The molecule has 1 amide bonds. The molecular weight excluding hydrogens is 214 g/mol. The van der Waals surface area contributed by atoms with Gasteiger partial charge in [-0.1, -0.05) is 13.8 Å². The highest BCUT2D eigenvalue weighted by Crippen LogP contribution is 2.11. The molecular formula is C10H19NO3S. The normalized spacial score (nSPS) is 12.2. The van der Waals surface area contributed by atoms with E-state index in [0.29, 0.717) is 13.0 Å². The van der Waals surface area contributed by atoms with Crippen LogP contribution in [0.2, 0.25) is 0 Å². The highest BCUT2D eigenvalue weighted by Gasteiger charge is 2.17. The zero-order valence-electron chi connectivity index (χ0n) is 9.52. The first kappa shape index (κ1) is 14.3. The van der Waals surface area contributed by atoms with Gasteiger partial charge < -0.3 is 10.0 Å². The van der Waals surface area contributed by atoms with E-state index in [0.717, 1.165) is 6.42 Å². The number of carboxylic acids is 1. The maximum Gasteiger partial charge on any atom is 0.323 e. The van der Waals surface area contributed by atoms with Gasteiger partial charge in [-0.15, -0.1) is 0 Å². The SMILES string of the molecule is CCCN(CC(=O)O)C(=O)CC(C)SC. The molecule has 0 rings (SSSR count). The lowest BCUT2D eigenvalue weighted by atomic mass is 10.2. The van der Waals surface area contributed by atoms with Crippen LogP contribution in [0.15, 0.2) is 0 Å². The molecule has 0 aliphatic carbocycles. The van der Waals surface area contributed by atoms with Crippen molar-refractivity contribution in [3.63, 3.8) is 0 Å². The van der Waals surface area contributed by atoms with Gasteiger partial charge in [0.2, 0.25) is 5.91 Å². The van der Waals surface area contributed by atoms with E-state index in [2.05, 4.69) is 0 Å². The number of nitrogens with zero attached hydrogens (tertiary/aromatic N) is 1. The molecule has 1 unspecified atom stereocenters. The Morgan fingerprint density at radius 3 is 2.47 bits per heavy atom. The van der Waals surface area contributed by atoms with Crippen molar-refractivity contribution in [1.29, 1.82) is 0 Å². The number of rotatable bonds is 7. The van der Waals surface area contributed by atoms with Crippen LogP contribution in [0, 0.1) is 0 Å². The van der Waals surface area contributed by atoms with Crippen molar-refractivity contribution >= 4 is 23.6 Å².